The fraction of sp³-hybridized carbons (Fsp3) is 0.364. The van der Waals surface area contributed by atoms with Crippen molar-refractivity contribution in [2.75, 3.05) is 20.3 Å². The van der Waals surface area contributed by atoms with Gasteiger partial charge in [-0.2, -0.15) is 13.1 Å². The van der Waals surface area contributed by atoms with Crippen molar-refractivity contribution in [3.8, 4) is 0 Å². The van der Waals surface area contributed by atoms with E-state index in [0.29, 0.717) is 18.6 Å². The number of carbonyl (C=O) groups is 1. The number of rotatable bonds is 7. The van der Waals surface area contributed by atoms with E-state index in [4.69, 9.17) is 4.74 Å². The molecule has 1 aromatic rings. The summed E-state index contributed by atoms with van der Waals surface area (Å²) >= 11 is 0. The third-order valence-electron chi connectivity index (χ3n) is 2.08. The summed E-state index contributed by atoms with van der Waals surface area (Å²) in [6.45, 7) is 0.667. The average molecular weight is 272 g/mol. The highest BCUT2D eigenvalue weighted by Crippen LogP contribution is 1.98. The Balaban J connectivity index is 2.48. The molecule has 0 radical (unpaired) electrons. The number of carbonyl (C=O) groups excluding carboxylic acids is 1. The molecule has 18 heavy (non-hydrogen) atoms. The summed E-state index contributed by atoms with van der Waals surface area (Å²) in [5.41, 5.74) is 0.291. The van der Waals surface area contributed by atoms with Gasteiger partial charge < -0.3 is 4.74 Å². The molecular weight excluding hydrogens is 256 g/mol. The Morgan fingerprint density at radius 3 is 2.56 bits per heavy atom. The van der Waals surface area contributed by atoms with Crippen molar-refractivity contribution in [2.24, 2.45) is 0 Å². The minimum absolute atomic E-state index is 0.214. The zero-order valence-electron chi connectivity index (χ0n) is 10.0. The van der Waals surface area contributed by atoms with Crippen LogP contribution in [0.25, 0.3) is 0 Å². The Morgan fingerprint density at radius 2 is 1.94 bits per heavy atom. The van der Waals surface area contributed by atoms with Crippen molar-refractivity contribution in [3.63, 3.8) is 0 Å². The van der Waals surface area contributed by atoms with Crippen molar-refractivity contribution in [1.29, 1.82) is 0 Å². The van der Waals surface area contributed by atoms with E-state index in [9.17, 15) is 13.2 Å². The molecule has 7 heteroatoms. The molecule has 0 spiro atoms. The second kappa shape index (κ2) is 7.10. The first-order valence-corrected chi connectivity index (χ1v) is 6.89. The zero-order valence-corrected chi connectivity index (χ0v) is 10.9. The topological polar surface area (TPSA) is 84.5 Å². The first kappa shape index (κ1) is 14.6. The summed E-state index contributed by atoms with van der Waals surface area (Å²) < 4.78 is 32.0. The van der Waals surface area contributed by atoms with Crippen LogP contribution in [0.5, 0.6) is 0 Å². The Bertz CT molecular complexity index is 473. The van der Waals surface area contributed by atoms with Gasteiger partial charge in [0.05, 0.1) is 0 Å². The average Bonchev–Trinajstić information content (AvgIpc) is 2.35. The number of hydrogen-bond donors (Lipinski definition) is 2. The molecule has 6 nitrogen and oxygen atoms in total. The van der Waals surface area contributed by atoms with Crippen LogP contribution in [0.4, 0.5) is 0 Å². The standard InChI is InChI=1S/C11H16N2O4S/c1-17-9-5-8-12-18(15,16)13-11(14)10-6-3-2-4-7-10/h2-4,6-7,12H,5,8-9H2,1H3,(H,13,14). The summed E-state index contributed by atoms with van der Waals surface area (Å²) in [4.78, 5) is 11.6. The molecule has 0 aromatic heterocycles. The number of benzene rings is 1. The summed E-state index contributed by atoms with van der Waals surface area (Å²) in [5, 5.41) is 0. The van der Waals surface area contributed by atoms with Gasteiger partial charge in [-0.25, -0.2) is 4.72 Å². The van der Waals surface area contributed by atoms with Gasteiger partial charge in [-0.3, -0.25) is 4.79 Å². The van der Waals surface area contributed by atoms with Crippen LogP contribution in [0.1, 0.15) is 16.8 Å². The molecule has 2 N–H and O–H groups in total. The highest BCUT2D eigenvalue weighted by Gasteiger charge is 2.14. The van der Waals surface area contributed by atoms with Gasteiger partial charge in [0.25, 0.3) is 5.91 Å². The number of methoxy groups -OCH3 is 1. The summed E-state index contributed by atoms with van der Waals surface area (Å²) in [6.07, 6.45) is 0.539. The van der Waals surface area contributed by atoms with E-state index < -0.39 is 16.1 Å². The van der Waals surface area contributed by atoms with Crippen molar-refractivity contribution in [2.45, 2.75) is 6.42 Å². The maximum Gasteiger partial charge on any atom is 0.301 e. The van der Waals surface area contributed by atoms with Crippen LogP contribution in [-0.2, 0) is 14.9 Å². The zero-order chi connectivity index (χ0) is 13.4. The minimum Gasteiger partial charge on any atom is -0.385 e. The van der Waals surface area contributed by atoms with E-state index in [-0.39, 0.29) is 6.54 Å². The van der Waals surface area contributed by atoms with Crippen LogP contribution in [0.2, 0.25) is 0 Å². The normalized spacial score (nSPS) is 11.2. The van der Waals surface area contributed by atoms with Crippen molar-refractivity contribution < 1.29 is 17.9 Å². The second-order valence-corrected chi connectivity index (χ2v) is 5.04. The largest absolute Gasteiger partial charge is 0.385 e. The SMILES string of the molecule is COCCCNS(=O)(=O)NC(=O)c1ccccc1. The fourth-order valence-corrected chi connectivity index (χ4v) is 2.08. The van der Waals surface area contributed by atoms with E-state index in [1.54, 1.807) is 18.2 Å². The second-order valence-electron chi connectivity index (χ2n) is 3.54. The molecular formula is C11H16N2O4S. The van der Waals surface area contributed by atoms with Gasteiger partial charge in [-0.15, -0.1) is 0 Å². The molecule has 100 valence electrons. The fourth-order valence-electron chi connectivity index (χ4n) is 1.23. The van der Waals surface area contributed by atoms with E-state index in [1.165, 1.54) is 19.2 Å². The van der Waals surface area contributed by atoms with Crippen LogP contribution in [-0.4, -0.2) is 34.6 Å². The summed E-state index contributed by atoms with van der Waals surface area (Å²) in [6, 6.07) is 8.14. The number of ether oxygens (including phenoxy) is 1. The highest BCUT2D eigenvalue weighted by molar-refractivity contribution is 7.88. The third-order valence-corrected chi connectivity index (χ3v) is 3.12. The molecule has 0 saturated carbocycles. The van der Waals surface area contributed by atoms with Crippen molar-refractivity contribution in [3.05, 3.63) is 35.9 Å². The van der Waals surface area contributed by atoms with Crippen LogP contribution >= 0.6 is 0 Å². The lowest BCUT2D eigenvalue weighted by atomic mass is 10.2. The van der Waals surface area contributed by atoms with Crippen LogP contribution in [0.3, 0.4) is 0 Å². The van der Waals surface area contributed by atoms with Gasteiger partial charge in [-0.1, -0.05) is 18.2 Å². The molecule has 0 atom stereocenters. The molecule has 0 unspecified atom stereocenters. The van der Waals surface area contributed by atoms with Gasteiger partial charge in [0.15, 0.2) is 0 Å². The molecule has 0 aliphatic rings. The number of nitrogens with one attached hydrogen (secondary N) is 2. The van der Waals surface area contributed by atoms with Gasteiger partial charge in [0.1, 0.15) is 0 Å². The van der Waals surface area contributed by atoms with Crippen LogP contribution < -0.4 is 9.44 Å². The van der Waals surface area contributed by atoms with Crippen molar-refractivity contribution >= 4 is 16.1 Å². The molecule has 0 saturated heterocycles. The highest BCUT2D eigenvalue weighted by atomic mass is 32.2. The molecule has 1 rings (SSSR count). The van der Waals surface area contributed by atoms with E-state index in [0.717, 1.165) is 0 Å². The van der Waals surface area contributed by atoms with E-state index >= 15 is 0 Å². The first-order chi connectivity index (χ1) is 8.55. The maximum atomic E-state index is 11.6. The molecule has 0 fully saturated rings. The monoisotopic (exact) mass is 272 g/mol. The smallest absolute Gasteiger partial charge is 0.301 e. The molecule has 0 aliphatic carbocycles. The predicted octanol–water partition coefficient (Wildman–Crippen LogP) is 0.287. The Morgan fingerprint density at radius 1 is 1.28 bits per heavy atom. The first-order valence-electron chi connectivity index (χ1n) is 5.41. The van der Waals surface area contributed by atoms with Crippen molar-refractivity contribution in [1.82, 2.24) is 9.44 Å². The maximum absolute atomic E-state index is 11.6. The van der Waals surface area contributed by atoms with Gasteiger partial charge in [-0.05, 0) is 18.6 Å². The minimum atomic E-state index is -3.81. The van der Waals surface area contributed by atoms with E-state index in [2.05, 4.69) is 4.72 Å². The molecule has 1 aromatic carbocycles. The number of hydrogen-bond acceptors (Lipinski definition) is 4. The summed E-state index contributed by atoms with van der Waals surface area (Å²) in [5.74, 6) is -0.658. The van der Waals surface area contributed by atoms with Gasteiger partial charge >= 0.3 is 10.2 Å². The number of amides is 1. The quantitative estimate of drug-likeness (QED) is 0.699. The lowest BCUT2D eigenvalue weighted by Gasteiger charge is -2.07. The third kappa shape index (κ3) is 5.26. The van der Waals surface area contributed by atoms with Gasteiger partial charge in [0, 0.05) is 25.8 Å². The van der Waals surface area contributed by atoms with Crippen LogP contribution in [0, 0.1) is 0 Å². The summed E-state index contributed by atoms with van der Waals surface area (Å²) in [7, 11) is -2.28. The molecule has 0 bridgehead atoms. The van der Waals surface area contributed by atoms with E-state index in [1.807, 2.05) is 4.72 Å². The predicted molar refractivity (Wildman–Crippen MR) is 67.3 cm³/mol. The van der Waals surface area contributed by atoms with Gasteiger partial charge in [0.2, 0.25) is 0 Å². The Kier molecular flexibility index (Phi) is 5.76. The molecule has 0 heterocycles. The molecule has 1 amide bonds. The van der Waals surface area contributed by atoms with Crippen LogP contribution in [0.15, 0.2) is 30.3 Å². The Hall–Kier alpha value is -1.44. The lowest BCUT2D eigenvalue weighted by Crippen LogP contribution is -2.40. The lowest BCUT2D eigenvalue weighted by molar-refractivity contribution is 0.0981. The Labute approximate surface area is 107 Å². The molecule has 0 aliphatic heterocycles.